The first kappa shape index (κ1) is 17.2. The molecule has 2 unspecified atom stereocenters. The fourth-order valence-electron chi connectivity index (χ4n) is 2.28. The van der Waals surface area contributed by atoms with Gasteiger partial charge in [0, 0.05) is 33.2 Å². The first-order chi connectivity index (χ1) is 9.76. The SMILES string of the molecule is COC1CC(C(=O)O)N(C(=O)N(C)CC(=O)NC(C)C)C1. The number of carboxylic acid groups (broad SMARTS) is 1. The summed E-state index contributed by atoms with van der Waals surface area (Å²) < 4.78 is 5.13. The number of methoxy groups -OCH3 is 1. The van der Waals surface area contributed by atoms with Crippen molar-refractivity contribution in [3.8, 4) is 0 Å². The zero-order chi connectivity index (χ0) is 16.2. The molecule has 0 aromatic rings. The molecular formula is C13H23N3O5. The number of ether oxygens (including phenoxy) is 1. The lowest BCUT2D eigenvalue weighted by atomic mass is 10.2. The molecule has 3 amide bonds. The van der Waals surface area contributed by atoms with Gasteiger partial charge in [0.1, 0.15) is 12.6 Å². The molecule has 1 saturated heterocycles. The summed E-state index contributed by atoms with van der Waals surface area (Å²) in [5.74, 6) is -1.35. The van der Waals surface area contributed by atoms with Crippen LogP contribution in [0.5, 0.6) is 0 Å². The summed E-state index contributed by atoms with van der Waals surface area (Å²) >= 11 is 0. The lowest BCUT2D eigenvalue weighted by Crippen LogP contribution is -2.49. The van der Waals surface area contributed by atoms with Crippen molar-refractivity contribution in [1.29, 1.82) is 0 Å². The van der Waals surface area contributed by atoms with Gasteiger partial charge < -0.3 is 25.0 Å². The van der Waals surface area contributed by atoms with E-state index >= 15 is 0 Å². The van der Waals surface area contributed by atoms with Crippen LogP contribution in [0.3, 0.4) is 0 Å². The lowest BCUT2D eigenvalue weighted by molar-refractivity contribution is -0.141. The number of carbonyl (C=O) groups is 3. The summed E-state index contributed by atoms with van der Waals surface area (Å²) in [7, 11) is 2.96. The highest BCUT2D eigenvalue weighted by molar-refractivity contribution is 5.87. The van der Waals surface area contributed by atoms with E-state index < -0.39 is 18.0 Å². The van der Waals surface area contributed by atoms with Gasteiger partial charge in [0.25, 0.3) is 0 Å². The Bertz CT molecular complexity index is 413. The van der Waals surface area contributed by atoms with Crippen molar-refractivity contribution in [3.63, 3.8) is 0 Å². The first-order valence-corrected chi connectivity index (χ1v) is 6.83. The van der Waals surface area contributed by atoms with Crippen LogP contribution in [0, 0.1) is 0 Å². The predicted molar refractivity (Wildman–Crippen MR) is 74.8 cm³/mol. The van der Waals surface area contributed by atoms with Crippen molar-refractivity contribution < 1.29 is 24.2 Å². The Balaban J connectivity index is 2.67. The highest BCUT2D eigenvalue weighted by Crippen LogP contribution is 2.21. The number of carboxylic acids is 1. The number of nitrogens with zero attached hydrogens (tertiary/aromatic N) is 2. The molecule has 0 aromatic heterocycles. The molecule has 1 aliphatic rings. The van der Waals surface area contributed by atoms with Gasteiger partial charge in [-0.15, -0.1) is 0 Å². The number of aliphatic carboxylic acids is 1. The monoisotopic (exact) mass is 301 g/mol. The fraction of sp³-hybridized carbons (Fsp3) is 0.769. The number of carbonyl (C=O) groups excluding carboxylic acids is 2. The molecule has 0 spiro atoms. The Morgan fingerprint density at radius 1 is 1.43 bits per heavy atom. The topological polar surface area (TPSA) is 99.2 Å². The predicted octanol–water partition coefficient (Wildman–Crippen LogP) is -0.263. The Kier molecular flexibility index (Phi) is 5.95. The van der Waals surface area contributed by atoms with E-state index in [0.29, 0.717) is 0 Å². The molecule has 1 aliphatic heterocycles. The van der Waals surface area contributed by atoms with Crippen LogP contribution in [0.25, 0.3) is 0 Å². The molecule has 2 N–H and O–H groups in total. The first-order valence-electron chi connectivity index (χ1n) is 6.83. The summed E-state index contributed by atoms with van der Waals surface area (Å²) in [4.78, 5) is 37.6. The second-order valence-electron chi connectivity index (χ2n) is 5.46. The molecule has 0 aromatic carbocycles. The van der Waals surface area contributed by atoms with Gasteiger partial charge >= 0.3 is 12.0 Å². The third kappa shape index (κ3) is 4.59. The molecule has 1 rings (SSSR count). The van der Waals surface area contributed by atoms with Crippen molar-refractivity contribution in [1.82, 2.24) is 15.1 Å². The number of nitrogens with one attached hydrogen (secondary N) is 1. The number of amides is 3. The summed E-state index contributed by atoms with van der Waals surface area (Å²) in [6.45, 7) is 3.74. The van der Waals surface area contributed by atoms with Crippen molar-refractivity contribution in [2.24, 2.45) is 0 Å². The minimum atomic E-state index is -1.07. The highest BCUT2D eigenvalue weighted by Gasteiger charge is 2.41. The van der Waals surface area contributed by atoms with Gasteiger partial charge in [0.05, 0.1) is 6.10 Å². The van der Waals surface area contributed by atoms with Crippen LogP contribution in [0.2, 0.25) is 0 Å². The van der Waals surface area contributed by atoms with E-state index in [0.717, 1.165) is 0 Å². The molecule has 1 heterocycles. The average Bonchev–Trinajstić information content (AvgIpc) is 2.80. The van der Waals surface area contributed by atoms with E-state index in [-0.39, 0.29) is 37.6 Å². The summed E-state index contributed by atoms with van der Waals surface area (Å²) in [6.07, 6.45) is -0.0446. The molecule has 0 bridgehead atoms. The van der Waals surface area contributed by atoms with Crippen LogP contribution in [0.15, 0.2) is 0 Å². The minimum absolute atomic E-state index is 0.0163. The zero-order valence-electron chi connectivity index (χ0n) is 12.8. The van der Waals surface area contributed by atoms with E-state index in [4.69, 9.17) is 4.74 Å². The third-order valence-corrected chi connectivity index (χ3v) is 3.28. The van der Waals surface area contributed by atoms with Crippen LogP contribution in [0.4, 0.5) is 4.79 Å². The van der Waals surface area contributed by atoms with Gasteiger partial charge in [-0.2, -0.15) is 0 Å². The Morgan fingerprint density at radius 2 is 2.05 bits per heavy atom. The van der Waals surface area contributed by atoms with Gasteiger partial charge in [-0.05, 0) is 13.8 Å². The van der Waals surface area contributed by atoms with Gasteiger partial charge in [-0.25, -0.2) is 9.59 Å². The quantitative estimate of drug-likeness (QED) is 0.728. The van der Waals surface area contributed by atoms with Crippen LogP contribution in [-0.4, -0.2) is 78.2 Å². The smallest absolute Gasteiger partial charge is 0.326 e. The number of rotatable bonds is 5. The maximum Gasteiger partial charge on any atom is 0.326 e. The number of likely N-dealkylation sites (N-methyl/N-ethyl adjacent to an activating group) is 1. The summed E-state index contributed by atoms with van der Waals surface area (Å²) in [6, 6.07) is -1.42. The van der Waals surface area contributed by atoms with E-state index in [1.807, 2.05) is 13.8 Å². The second-order valence-corrected chi connectivity index (χ2v) is 5.46. The molecule has 8 heteroatoms. The molecular weight excluding hydrogens is 278 g/mol. The van der Waals surface area contributed by atoms with E-state index in [1.165, 1.54) is 24.0 Å². The number of urea groups is 1. The summed E-state index contributed by atoms with van der Waals surface area (Å²) in [5.41, 5.74) is 0. The van der Waals surface area contributed by atoms with Gasteiger partial charge in [0.15, 0.2) is 0 Å². The molecule has 0 aliphatic carbocycles. The van der Waals surface area contributed by atoms with Crippen molar-refractivity contribution >= 4 is 17.9 Å². The highest BCUT2D eigenvalue weighted by atomic mass is 16.5. The van der Waals surface area contributed by atoms with Crippen molar-refractivity contribution in [2.75, 3.05) is 27.2 Å². The van der Waals surface area contributed by atoms with Crippen molar-refractivity contribution in [3.05, 3.63) is 0 Å². The Morgan fingerprint density at radius 3 is 2.52 bits per heavy atom. The van der Waals surface area contributed by atoms with Crippen LogP contribution in [0.1, 0.15) is 20.3 Å². The number of hydrogen-bond donors (Lipinski definition) is 2. The third-order valence-electron chi connectivity index (χ3n) is 3.28. The normalized spacial score (nSPS) is 21.5. The Labute approximate surface area is 124 Å². The largest absolute Gasteiger partial charge is 0.480 e. The molecule has 8 nitrogen and oxygen atoms in total. The Hall–Kier alpha value is -1.83. The average molecular weight is 301 g/mol. The fourth-order valence-corrected chi connectivity index (χ4v) is 2.28. The molecule has 0 saturated carbocycles. The minimum Gasteiger partial charge on any atom is -0.480 e. The molecule has 21 heavy (non-hydrogen) atoms. The van der Waals surface area contributed by atoms with E-state index in [2.05, 4.69) is 5.32 Å². The zero-order valence-corrected chi connectivity index (χ0v) is 12.8. The molecule has 0 radical (unpaired) electrons. The van der Waals surface area contributed by atoms with Gasteiger partial charge in [0.2, 0.25) is 5.91 Å². The standard InChI is InChI=1S/C13H23N3O5/c1-8(2)14-11(17)7-15(3)13(20)16-6-9(21-4)5-10(16)12(18)19/h8-10H,5-7H2,1-4H3,(H,14,17)(H,18,19). The van der Waals surface area contributed by atoms with Crippen LogP contribution < -0.4 is 5.32 Å². The molecule has 1 fully saturated rings. The van der Waals surface area contributed by atoms with Gasteiger partial charge in [-0.1, -0.05) is 0 Å². The molecule has 120 valence electrons. The maximum atomic E-state index is 12.3. The van der Waals surface area contributed by atoms with E-state index in [1.54, 1.807) is 0 Å². The maximum absolute atomic E-state index is 12.3. The second kappa shape index (κ2) is 7.26. The van der Waals surface area contributed by atoms with Crippen LogP contribution in [-0.2, 0) is 14.3 Å². The van der Waals surface area contributed by atoms with E-state index in [9.17, 15) is 19.5 Å². The number of likely N-dealkylation sites (tertiary alicyclic amines) is 1. The van der Waals surface area contributed by atoms with Gasteiger partial charge in [-0.3, -0.25) is 4.79 Å². The lowest BCUT2D eigenvalue weighted by Gasteiger charge is -2.27. The number of hydrogen-bond acceptors (Lipinski definition) is 4. The van der Waals surface area contributed by atoms with Crippen molar-refractivity contribution in [2.45, 2.75) is 38.5 Å². The summed E-state index contributed by atoms with van der Waals surface area (Å²) in [5, 5.41) is 11.9. The van der Waals surface area contributed by atoms with Crippen LogP contribution >= 0.6 is 0 Å². The molecule has 2 atom stereocenters.